The van der Waals surface area contributed by atoms with Crippen LogP contribution in [0.2, 0.25) is 5.02 Å². The van der Waals surface area contributed by atoms with Crippen LogP contribution >= 0.6 is 27.5 Å². The molecule has 1 aromatic carbocycles. The van der Waals surface area contributed by atoms with Gasteiger partial charge in [-0.15, -0.1) is 0 Å². The van der Waals surface area contributed by atoms with Crippen LogP contribution in [0, 0.1) is 5.82 Å². The summed E-state index contributed by atoms with van der Waals surface area (Å²) in [4.78, 5) is 0. The molecule has 0 saturated heterocycles. The van der Waals surface area contributed by atoms with E-state index in [4.69, 9.17) is 16.0 Å². The maximum absolute atomic E-state index is 13.8. The molecular formula is C10H8BrClFNO. The fourth-order valence-corrected chi connectivity index (χ4v) is 2.35. The second-order valence-electron chi connectivity index (χ2n) is 3.15. The van der Waals surface area contributed by atoms with Gasteiger partial charge in [0.05, 0.1) is 21.1 Å². The van der Waals surface area contributed by atoms with Crippen LogP contribution in [0.5, 0.6) is 0 Å². The number of furan rings is 1. The lowest BCUT2D eigenvalue weighted by Gasteiger charge is -2.00. The average Bonchev–Trinajstić information content (AvgIpc) is 2.60. The van der Waals surface area contributed by atoms with Crippen LogP contribution in [0.4, 0.5) is 4.39 Å². The van der Waals surface area contributed by atoms with E-state index in [0.29, 0.717) is 22.0 Å². The van der Waals surface area contributed by atoms with Crippen LogP contribution in [-0.4, -0.2) is 7.05 Å². The molecule has 1 aromatic heterocycles. The molecule has 0 saturated carbocycles. The smallest absolute Gasteiger partial charge is 0.153 e. The summed E-state index contributed by atoms with van der Waals surface area (Å²) in [5.41, 5.74) is 1.25. The van der Waals surface area contributed by atoms with Gasteiger partial charge in [0, 0.05) is 12.1 Å². The van der Waals surface area contributed by atoms with Crippen molar-refractivity contribution < 1.29 is 8.81 Å². The fraction of sp³-hybridized carbons (Fsp3) is 0.200. The highest BCUT2D eigenvalue weighted by Crippen LogP contribution is 2.34. The first-order valence-corrected chi connectivity index (χ1v) is 5.50. The van der Waals surface area contributed by atoms with Gasteiger partial charge in [-0.05, 0) is 29.0 Å². The number of halogens is 3. The molecule has 0 amide bonds. The van der Waals surface area contributed by atoms with Gasteiger partial charge in [0.2, 0.25) is 0 Å². The molecular weight excluding hydrogens is 284 g/mol. The molecule has 0 aliphatic carbocycles. The maximum atomic E-state index is 13.8. The highest BCUT2D eigenvalue weighted by molar-refractivity contribution is 9.10. The van der Waals surface area contributed by atoms with Crippen molar-refractivity contribution in [2.24, 2.45) is 0 Å². The van der Waals surface area contributed by atoms with Gasteiger partial charge in [0.25, 0.3) is 0 Å². The topological polar surface area (TPSA) is 25.2 Å². The van der Waals surface area contributed by atoms with Gasteiger partial charge in [0.1, 0.15) is 0 Å². The highest BCUT2D eigenvalue weighted by atomic mass is 79.9. The Balaban J connectivity index is 2.77. The summed E-state index contributed by atoms with van der Waals surface area (Å²) in [5.74, 6) is -0.436. The molecule has 80 valence electrons. The van der Waals surface area contributed by atoms with Crippen molar-refractivity contribution in [1.82, 2.24) is 5.32 Å². The molecule has 0 aliphatic rings. The van der Waals surface area contributed by atoms with Crippen molar-refractivity contribution in [3.05, 3.63) is 33.2 Å². The minimum atomic E-state index is -0.436. The second-order valence-corrected chi connectivity index (χ2v) is 4.41. The van der Waals surface area contributed by atoms with E-state index in [1.165, 1.54) is 12.3 Å². The molecule has 1 heterocycles. The molecule has 0 radical (unpaired) electrons. The van der Waals surface area contributed by atoms with Gasteiger partial charge < -0.3 is 9.73 Å². The number of rotatable bonds is 2. The molecule has 2 nitrogen and oxygen atoms in total. The molecule has 15 heavy (non-hydrogen) atoms. The molecule has 0 bridgehead atoms. The van der Waals surface area contributed by atoms with E-state index in [1.54, 1.807) is 7.05 Å². The van der Waals surface area contributed by atoms with E-state index in [9.17, 15) is 4.39 Å². The van der Waals surface area contributed by atoms with Crippen LogP contribution in [0.15, 0.2) is 21.2 Å². The summed E-state index contributed by atoms with van der Waals surface area (Å²) in [7, 11) is 1.79. The van der Waals surface area contributed by atoms with Crippen molar-refractivity contribution in [2.75, 3.05) is 7.05 Å². The largest absolute Gasteiger partial charge is 0.463 e. The zero-order chi connectivity index (χ0) is 11.0. The molecule has 2 aromatic rings. The first-order valence-electron chi connectivity index (χ1n) is 4.33. The van der Waals surface area contributed by atoms with Crippen molar-refractivity contribution in [3.63, 3.8) is 0 Å². The van der Waals surface area contributed by atoms with Crippen molar-refractivity contribution in [3.8, 4) is 0 Å². The van der Waals surface area contributed by atoms with E-state index in [0.717, 1.165) is 5.56 Å². The molecule has 1 N–H and O–H groups in total. The van der Waals surface area contributed by atoms with E-state index in [-0.39, 0.29) is 5.02 Å². The van der Waals surface area contributed by atoms with E-state index < -0.39 is 5.82 Å². The minimum absolute atomic E-state index is 0.0909. The van der Waals surface area contributed by atoms with Crippen LogP contribution in [-0.2, 0) is 6.54 Å². The summed E-state index contributed by atoms with van der Waals surface area (Å²) in [6, 6.07) is 1.49. The zero-order valence-corrected chi connectivity index (χ0v) is 10.2. The third-order valence-corrected chi connectivity index (χ3v) is 3.00. The van der Waals surface area contributed by atoms with E-state index >= 15 is 0 Å². The monoisotopic (exact) mass is 291 g/mol. The SMILES string of the molecule is CNCc1coc2c(Br)cc(Cl)c(F)c12. The minimum Gasteiger partial charge on any atom is -0.463 e. The third-order valence-electron chi connectivity index (χ3n) is 2.13. The summed E-state index contributed by atoms with van der Waals surface area (Å²) in [5, 5.41) is 3.47. The predicted octanol–water partition coefficient (Wildman–Crippen LogP) is 3.71. The third kappa shape index (κ3) is 1.77. The lowest BCUT2D eigenvalue weighted by molar-refractivity contribution is 0.603. The molecule has 5 heteroatoms. The zero-order valence-electron chi connectivity index (χ0n) is 7.90. The number of benzene rings is 1. The number of hydrogen-bond donors (Lipinski definition) is 1. The maximum Gasteiger partial charge on any atom is 0.153 e. The Bertz CT molecular complexity index is 512. The molecule has 0 aliphatic heterocycles. The summed E-state index contributed by atoms with van der Waals surface area (Å²) >= 11 is 9.04. The van der Waals surface area contributed by atoms with E-state index in [2.05, 4.69) is 21.2 Å². The first-order chi connectivity index (χ1) is 7.15. The van der Waals surface area contributed by atoms with Gasteiger partial charge >= 0.3 is 0 Å². The van der Waals surface area contributed by atoms with Crippen LogP contribution in [0.3, 0.4) is 0 Å². The van der Waals surface area contributed by atoms with Gasteiger partial charge in [0.15, 0.2) is 11.4 Å². The Kier molecular flexibility index (Phi) is 3.00. The normalized spacial score (nSPS) is 11.2. The Labute approximate surface area is 99.5 Å². The Morgan fingerprint density at radius 3 is 3.00 bits per heavy atom. The van der Waals surface area contributed by atoms with Crippen molar-refractivity contribution in [2.45, 2.75) is 6.54 Å². The van der Waals surface area contributed by atoms with Gasteiger partial charge in [-0.3, -0.25) is 0 Å². The van der Waals surface area contributed by atoms with Crippen LogP contribution in [0.25, 0.3) is 11.0 Å². The molecule has 0 unspecified atom stereocenters. The first kappa shape index (κ1) is 10.9. The summed E-state index contributed by atoms with van der Waals surface area (Å²) in [6.07, 6.45) is 1.53. The Morgan fingerprint density at radius 1 is 1.60 bits per heavy atom. The van der Waals surface area contributed by atoms with Crippen molar-refractivity contribution in [1.29, 1.82) is 0 Å². The van der Waals surface area contributed by atoms with Gasteiger partial charge in [-0.2, -0.15) is 0 Å². The lowest BCUT2D eigenvalue weighted by Crippen LogP contribution is -2.04. The van der Waals surface area contributed by atoms with Gasteiger partial charge in [-0.1, -0.05) is 11.6 Å². The average molecular weight is 293 g/mol. The number of fused-ring (bicyclic) bond motifs is 1. The highest BCUT2D eigenvalue weighted by Gasteiger charge is 2.16. The second kappa shape index (κ2) is 4.12. The molecule has 0 atom stereocenters. The summed E-state index contributed by atoms with van der Waals surface area (Å²) in [6.45, 7) is 0.538. The van der Waals surface area contributed by atoms with Crippen LogP contribution in [0.1, 0.15) is 5.56 Å². The lowest BCUT2D eigenvalue weighted by atomic mass is 10.1. The quantitative estimate of drug-likeness (QED) is 0.854. The molecule has 0 spiro atoms. The Hall–Kier alpha value is -0.580. The summed E-state index contributed by atoms with van der Waals surface area (Å²) < 4.78 is 19.7. The predicted molar refractivity (Wildman–Crippen MR) is 61.6 cm³/mol. The number of hydrogen-bond acceptors (Lipinski definition) is 2. The Morgan fingerprint density at radius 2 is 2.33 bits per heavy atom. The standard InChI is InChI=1S/C10H8BrClFNO/c1-14-3-5-4-15-10-6(11)2-7(12)9(13)8(5)10/h2,4,14H,3H2,1H3. The molecule has 2 rings (SSSR count). The number of nitrogens with one attached hydrogen (secondary N) is 1. The van der Waals surface area contributed by atoms with Crippen LogP contribution < -0.4 is 5.32 Å². The molecule has 0 fully saturated rings. The van der Waals surface area contributed by atoms with Crippen molar-refractivity contribution >= 4 is 38.5 Å². The van der Waals surface area contributed by atoms with E-state index in [1.807, 2.05) is 0 Å². The van der Waals surface area contributed by atoms with Gasteiger partial charge in [-0.25, -0.2) is 4.39 Å². The fourth-order valence-electron chi connectivity index (χ4n) is 1.49.